The average Bonchev–Trinajstić information content (AvgIpc) is 2.34. The molecule has 1 aromatic carbocycles. The summed E-state index contributed by atoms with van der Waals surface area (Å²) >= 11 is 0. The highest BCUT2D eigenvalue weighted by molar-refractivity contribution is 5.53. The van der Waals surface area contributed by atoms with Crippen LogP contribution in [0, 0.1) is 0 Å². The van der Waals surface area contributed by atoms with Gasteiger partial charge in [0.2, 0.25) is 0 Å². The van der Waals surface area contributed by atoms with Gasteiger partial charge >= 0.3 is 0 Å². The first kappa shape index (κ1) is 13.8. The molecule has 3 nitrogen and oxygen atoms in total. The Hall–Kier alpha value is -1.22. The van der Waals surface area contributed by atoms with E-state index in [1.54, 1.807) is 0 Å². The monoisotopic (exact) mass is 236 g/mol. The summed E-state index contributed by atoms with van der Waals surface area (Å²) in [4.78, 5) is 2.39. The van der Waals surface area contributed by atoms with Crippen LogP contribution < -0.4 is 10.6 Å². The molecule has 0 aliphatic carbocycles. The van der Waals surface area contributed by atoms with E-state index in [2.05, 4.69) is 24.0 Å². The molecule has 0 unspecified atom stereocenters. The second kappa shape index (κ2) is 7.96. The molecule has 0 saturated heterocycles. The van der Waals surface area contributed by atoms with Crippen LogP contribution in [0.4, 0.5) is 11.4 Å². The molecule has 0 radical (unpaired) electrons. The summed E-state index contributed by atoms with van der Waals surface area (Å²) < 4.78 is 0. The Morgan fingerprint density at radius 3 is 2.35 bits per heavy atom. The van der Waals surface area contributed by atoms with Gasteiger partial charge in [-0.1, -0.05) is 6.92 Å². The van der Waals surface area contributed by atoms with Gasteiger partial charge in [-0.25, -0.2) is 0 Å². The van der Waals surface area contributed by atoms with Crippen molar-refractivity contribution in [3.8, 4) is 0 Å². The van der Waals surface area contributed by atoms with Crippen molar-refractivity contribution in [2.75, 3.05) is 30.3 Å². The van der Waals surface area contributed by atoms with Gasteiger partial charge in [-0.05, 0) is 49.9 Å². The van der Waals surface area contributed by atoms with E-state index >= 15 is 0 Å². The number of aliphatic hydroxyl groups excluding tert-OH is 1. The summed E-state index contributed by atoms with van der Waals surface area (Å²) in [5, 5.41) is 8.75. The van der Waals surface area contributed by atoms with E-state index in [1.807, 2.05) is 12.1 Å². The largest absolute Gasteiger partial charge is 0.399 e. The molecule has 3 N–H and O–H groups in total. The lowest BCUT2D eigenvalue weighted by molar-refractivity contribution is 0.283. The normalized spacial score (nSPS) is 10.5. The second-order valence-corrected chi connectivity index (χ2v) is 4.36. The fourth-order valence-corrected chi connectivity index (χ4v) is 1.92. The number of hydrogen-bond acceptors (Lipinski definition) is 3. The Morgan fingerprint density at radius 2 is 1.76 bits per heavy atom. The smallest absolute Gasteiger partial charge is 0.0431 e. The minimum atomic E-state index is 0.301. The molecule has 96 valence electrons. The standard InChI is InChI=1S/C14H24N2O/c1-2-10-16(11-4-3-5-12-17)14-8-6-13(15)7-9-14/h6-9,17H,2-5,10-12,15H2,1H3. The fourth-order valence-electron chi connectivity index (χ4n) is 1.92. The van der Waals surface area contributed by atoms with Crippen LogP contribution in [0.25, 0.3) is 0 Å². The predicted octanol–water partition coefficient (Wildman–Crippen LogP) is 2.65. The minimum absolute atomic E-state index is 0.301. The number of benzene rings is 1. The van der Waals surface area contributed by atoms with Gasteiger partial charge in [0.1, 0.15) is 0 Å². The fraction of sp³-hybridized carbons (Fsp3) is 0.571. The first-order valence-electron chi connectivity index (χ1n) is 6.49. The molecule has 0 atom stereocenters. The molecule has 0 heterocycles. The molecule has 1 aromatic rings. The molecule has 0 bridgehead atoms. The van der Waals surface area contributed by atoms with Crippen LogP contribution in [0.3, 0.4) is 0 Å². The van der Waals surface area contributed by atoms with E-state index < -0.39 is 0 Å². The van der Waals surface area contributed by atoms with Crippen LogP contribution in [-0.4, -0.2) is 24.8 Å². The van der Waals surface area contributed by atoms with Gasteiger partial charge in [0.25, 0.3) is 0 Å². The zero-order chi connectivity index (χ0) is 12.5. The summed E-state index contributed by atoms with van der Waals surface area (Å²) in [6.45, 7) is 4.62. The van der Waals surface area contributed by atoms with Crippen LogP contribution in [0.15, 0.2) is 24.3 Å². The van der Waals surface area contributed by atoms with E-state index in [-0.39, 0.29) is 0 Å². The number of hydrogen-bond donors (Lipinski definition) is 2. The number of nitrogens with zero attached hydrogens (tertiary/aromatic N) is 1. The number of nitrogens with two attached hydrogens (primary N) is 1. The van der Waals surface area contributed by atoms with Crippen molar-refractivity contribution >= 4 is 11.4 Å². The maximum atomic E-state index is 8.75. The molecular formula is C14H24N2O. The summed E-state index contributed by atoms with van der Waals surface area (Å²) in [6.07, 6.45) is 4.27. The summed E-state index contributed by atoms with van der Waals surface area (Å²) in [7, 11) is 0. The number of anilines is 2. The zero-order valence-electron chi connectivity index (χ0n) is 10.7. The van der Waals surface area contributed by atoms with Crippen LogP contribution in [-0.2, 0) is 0 Å². The third-order valence-corrected chi connectivity index (χ3v) is 2.84. The van der Waals surface area contributed by atoms with Gasteiger partial charge in [-0.15, -0.1) is 0 Å². The lowest BCUT2D eigenvalue weighted by atomic mass is 10.2. The molecule has 0 saturated carbocycles. The van der Waals surface area contributed by atoms with Crippen LogP contribution >= 0.6 is 0 Å². The van der Waals surface area contributed by atoms with Crippen molar-refractivity contribution in [1.82, 2.24) is 0 Å². The van der Waals surface area contributed by atoms with Gasteiger partial charge in [-0.2, -0.15) is 0 Å². The van der Waals surface area contributed by atoms with E-state index in [0.29, 0.717) is 6.61 Å². The van der Waals surface area contributed by atoms with Gasteiger partial charge in [0.15, 0.2) is 0 Å². The maximum Gasteiger partial charge on any atom is 0.0431 e. The van der Waals surface area contributed by atoms with Crippen molar-refractivity contribution in [2.45, 2.75) is 32.6 Å². The van der Waals surface area contributed by atoms with Crippen LogP contribution in [0.1, 0.15) is 32.6 Å². The molecule has 0 aliphatic rings. The molecule has 1 rings (SSSR count). The molecule has 17 heavy (non-hydrogen) atoms. The number of unbranched alkanes of at least 4 members (excludes halogenated alkanes) is 2. The van der Waals surface area contributed by atoms with Crippen LogP contribution in [0.5, 0.6) is 0 Å². The van der Waals surface area contributed by atoms with Gasteiger partial charge in [0, 0.05) is 31.1 Å². The highest BCUT2D eigenvalue weighted by Crippen LogP contribution is 2.17. The van der Waals surface area contributed by atoms with Gasteiger partial charge in [0.05, 0.1) is 0 Å². The number of nitrogen functional groups attached to an aromatic ring is 1. The average molecular weight is 236 g/mol. The third kappa shape index (κ3) is 5.09. The first-order chi connectivity index (χ1) is 8.27. The minimum Gasteiger partial charge on any atom is -0.399 e. The van der Waals surface area contributed by atoms with E-state index in [4.69, 9.17) is 10.8 Å². The highest BCUT2D eigenvalue weighted by Gasteiger charge is 2.04. The molecule has 0 fully saturated rings. The van der Waals surface area contributed by atoms with E-state index in [9.17, 15) is 0 Å². The van der Waals surface area contributed by atoms with Gasteiger partial charge in [-0.3, -0.25) is 0 Å². The SMILES string of the molecule is CCCN(CCCCCO)c1ccc(N)cc1. The quantitative estimate of drug-likeness (QED) is 0.539. The molecule has 0 spiro atoms. The topological polar surface area (TPSA) is 49.5 Å². The van der Waals surface area contributed by atoms with Crippen molar-refractivity contribution in [2.24, 2.45) is 0 Å². The third-order valence-electron chi connectivity index (χ3n) is 2.84. The highest BCUT2D eigenvalue weighted by atomic mass is 16.2. The molecule has 3 heteroatoms. The van der Waals surface area contributed by atoms with Crippen LogP contribution in [0.2, 0.25) is 0 Å². The van der Waals surface area contributed by atoms with E-state index in [1.165, 1.54) is 5.69 Å². The van der Waals surface area contributed by atoms with E-state index in [0.717, 1.165) is 44.5 Å². The Kier molecular flexibility index (Phi) is 6.48. The summed E-state index contributed by atoms with van der Waals surface area (Å²) in [5.41, 5.74) is 7.75. The van der Waals surface area contributed by atoms with Crippen molar-refractivity contribution in [3.05, 3.63) is 24.3 Å². The lowest BCUT2D eigenvalue weighted by Crippen LogP contribution is -2.25. The van der Waals surface area contributed by atoms with Gasteiger partial charge < -0.3 is 15.7 Å². The summed E-state index contributed by atoms with van der Waals surface area (Å²) in [5.74, 6) is 0. The molecular weight excluding hydrogens is 212 g/mol. The maximum absolute atomic E-state index is 8.75. The first-order valence-corrected chi connectivity index (χ1v) is 6.49. The predicted molar refractivity (Wildman–Crippen MR) is 74.3 cm³/mol. The van der Waals surface area contributed by atoms with Crippen molar-refractivity contribution in [1.29, 1.82) is 0 Å². The zero-order valence-corrected chi connectivity index (χ0v) is 10.7. The Morgan fingerprint density at radius 1 is 1.06 bits per heavy atom. The number of aliphatic hydroxyl groups is 1. The second-order valence-electron chi connectivity index (χ2n) is 4.36. The molecule has 0 aromatic heterocycles. The van der Waals surface area contributed by atoms with Crippen molar-refractivity contribution < 1.29 is 5.11 Å². The number of rotatable bonds is 8. The summed E-state index contributed by atoms with van der Waals surface area (Å²) in [6, 6.07) is 8.06. The van der Waals surface area contributed by atoms with Crippen molar-refractivity contribution in [3.63, 3.8) is 0 Å². The lowest BCUT2D eigenvalue weighted by Gasteiger charge is -2.24. The molecule has 0 aliphatic heterocycles. The molecule has 0 amide bonds. The Bertz CT molecular complexity index is 298. The Labute approximate surface area is 104 Å². The Balaban J connectivity index is 2.49.